The molecule has 0 aliphatic rings. The molecule has 100 valence electrons. The lowest BCUT2D eigenvalue weighted by atomic mass is 10.1. The van der Waals surface area contributed by atoms with Gasteiger partial charge in [0.25, 0.3) is 0 Å². The lowest BCUT2D eigenvalue weighted by molar-refractivity contribution is -0.119. The van der Waals surface area contributed by atoms with Crippen molar-refractivity contribution in [3.63, 3.8) is 0 Å². The molecule has 1 rings (SSSR count). The van der Waals surface area contributed by atoms with E-state index in [0.717, 1.165) is 5.75 Å². The normalized spacial score (nSPS) is 12.4. The average molecular weight is 266 g/mol. The molecule has 1 amide bonds. The van der Waals surface area contributed by atoms with Crippen LogP contribution in [0.5, 0.6) is 0 Å². The van der Waals surface area contributed by atoms with E-state index in [1.54, 1.807) is 11.8 Å². The van der Waals surface area contributed by atoms with Gasteiger partial charge in [0, 0.05) is 17.8 Å². The van der Waals surface area contributed by atoms with Crippen LogP contribution in [0.15, 0.2) is 30.3 Å². The Hall–Kier alpha value is -1.00. The summed E-state index contributed by atoms with van der Waals surface area (Å²) in [6, 6.07) is 10.8. The van der Waals surface area contributed by atoms with E-state index in [1.807, 2.05) is 39.1 Å². The zero-order chi connectivity index (χ0) is 13.4. The largest absolute Gasteiger partial charge is 0.353 e. The van der Waals surface area contributed by atoms with Crippen LogP contribution in [0.4, 0.5) is 0 Å². The quantitative estimate of drug-likeness (QED) is 0.795. The molecule has 3 nitrogen and oxygen atoms in total. The van der Waals surface area contributed by atoms with Crippen molar-refractivity contribution >= 4 is 17.7 Å². The van der Waals surface area contributed by atoms with E-state index >= 15 is 0 Å². The van der Waals surface area contributed by atoms with Crippen LogP contribution in [0.3, 0.4) is 0 Å². The Kier molecular flexibility index (Phi) is 6.83. The minimum atomic E-state index is 0.109. The fraction of sp³-hybridized carbons (Fsp3) is 0.500. The van der Waals surface area contributed by atoms with E-state index in [-0.39, 0.29) is 11.9 Å². The Balaban J connectivity index is 2.35. The van der Waals surface area contributed by atoms with Crippen LogP contribution in [-0.2, 0) is 4.79 Å². The molecule has 0 aliphatic carbocycles. The van der Waals surface area contributed by atoms with Crippen molar-refractivity contribution in [3.8, 4) is 0 Å². The smallest absolute Gasteiger partial charge is 0.230 e. The number of hydrogen-bond acceptors (Lipinski definition) is 3. The van der Waals surface area contributed by atoms with Gasteiger partial charge < -0.3 is 10.6 Å². The van der Waals surface area contributed by atoms with Crippen LogP contribution >= 0.6 is 11.8 Å². The van der Waals surface area contributed by atoms with Gasteiger partial charge in [-0.1, -0.05) is 30.3 Å². The molecule has 0 bridgehead atoms. The minimum absolute atomic E-state index is 0.109. The fourth-order valence-electron chi connectivity index (χ4n) is 1.66. The van der Waals surface area contributed by atoms with Crippen molar-refractivity contribution in [2.75, 3.05) is 18.6 Å². The van der Waals surface area contributed by atoms with Crippen LogP contribution in [-0.4, -0.2) is 30.5 Å². The Labute approximate surface area is 114 Å². The van der Waals surface area contributed by atoms with Crippen molar-refractivity contribution in [1.82, 2.24) is 10.6 Å². The number of rotatable bonds is 7. The number of amides is 1. The van der Waals surface area contributed by atoms with Crippen LogP contribution in [0.25, 0.3) is 0 Å². The lowest BCUT2D eigenvalue weighted by Crippen LogP contribution is -2.32. The highest BCUT2D eigenvalue weighted by Crippen LogP contribution is 2.17. The van der Waals surface area contributed by atoms with Gasteiger partial charge in [-0.05, 0) is 26.5 Å². The van der Waals surface area contributed by atoms with Gasteiger partial charge in [0.1, 0.15) is 0 Å². The molecule has 0 fully saturated rings. The van der Waals surface area contributed by atoms with Crippen molar-refractivity contribution in [2.24, 2.45) is 0 Å². The standard InChI is InChI=1S/C14H22N2OS/c1-11(2)16-14(17)10-18-9-13(15-3)12-7-5-4-6-8-12/h4-8,11,13,15H,9-10H2,1-3H3,(H,16,17). The molecule has 1 atom stereocenters. The molecule has 2 N–H and O–H groups in total. The van der Waals surface area contributed by atoms with E-state index in [1.165, 1.54) is 5.56 Å². The van der Waals surface area contributed by atoms with Crippen molar-refractivity contribution in [3.05, 3.63) is 35.9 Å². The summed E-state index contributed by atoms with van der Waals surface area (Å²) in [7, 11) is 1.95. The Morgan fingerprint density at radius 3 is 2.50 bits per heavy atom. The van der Waals surface area contributed by atoms with Crippen LogP contribution in [0.1, 0.15) is 25.5 Å². The number of thioether (sulfide) groups is 1. The number of hydrogen-bond donors (Lipinski definition) is 2. The van der Waals surface area contributed by atoms with Crippen LogP contribution < -0.4 is 10.6 Å². The summed E-state index contributed by atoms with van der Waals surface area (Å²) in [5.41, 5.74) is 1.26. The first-order valence-corrected chi connectivity index (χ1v) is 7.38. The molecule has 0 saturated heterocycles. The van der Waals surface area contributed by atoms with E-state index in [4.69, 9.17) is 0 Å². The second-order valence-corrected chi connectivity index (χ2v) is 5.52. The molecule has 1 aromatic carbocycles. The summed E-state index contributed by atoms with van der Waals surface area (Å²) in [5.74, 6) is 1.52. The summed E-state index contributed by atoms with van der Waals surface area (Å²) in [4.78, 5) is 11.5. The number of carbonyl (C=O) groups is 1. The molecule has 0 radical (unpaired) electrons. The summed E-state index contributed by atoms with van der Waals surface area (Å²) in [5, 5.41) is 6.17. The first-order valence-electron chi connectivity index (χ1n) is 6.22. The lowest BCUT2D eigenvalue weighted by Gasteiger charge is -2.16. The number of carbonyl (C=O) groups excluding carboxylic acids is 1. The van der Waals surface area contributed by atoms with Crippen LogP contribution in [0.2, 0.25) is 0 Å². The molecule has 0 aromatic heterocycles. The van der Waals surface area contributed by atoms with E-state index < -0.39 is 0 Å². The Morgan fingerprint density at radius 1 is 1.28 bits per heavy atom. The third-order valence-corrected chi connectivity index (χ3v) is 3.55. The fourth-order valence-corrected chi connectivity index (χ4v) is 2.65. The molecule has 0 heterocycles. The van der Waals surface area contributed by atoms with Gasteiger partial charge in [0.05, 0.1) is 5.75 Å². The molecule has 1 aromatic rings. The molecular formula is C14H22N2OS. The molecule has 4 heteroatoms. The summed E-state index contributed by atoms with van der Waals surface area (Å²) >= 11 is 1.66. The Bertz CT molecular complexity index is 354. The van der Waals surface area contributed by atoms with Gasteiger partial charge in [-0.3, -0.25) is 4.79 Å². The molecule has 18 heavy (non-hydrogen) atoms. The predicted octanol–water partition coefficient (Wildman–Crippen LogP) is 2.20. The zero-order valence-corrected chi connectivity index (χ0v) is 12.1. The van der Waals surface area contributed by atoms with Crippen LogP contribution in [0, 0.1) is 0 Å². The minimum Gasteiger partial charge on any atom is -0.353 e. The summed E-state index contributed by atoms with van der Waals surface area (Å²) in [6.07, 6.45) is 0. The highest BCUT2D eigenvalue weighted by Gasteiger charge is 2.10. The van der Waals surface area contributed by atoms with Crippen molar-refractivity contribution in [1.29, 1.82) is 0 Å². The van der Waals surface area contributed by atoms with E-state index in [2.05, 4.69) is 22.8 Å². The number of benzene rings is 1. The first-order chi connectivity index (χ1) is 8.63. The molecule has 1 unspecified atom stereocenters. The maximum Gasteiger partial charge on any atom is 0.230 e. The molecule has 0 spiro atoms. The SMILES string of the molecule is CNC(CSCC(=O)NC(C)C)c1ccccc1. The van der Waals surface area contributed by atoms with Gasteiger partial charge in [0.15, 0.2) is 0 Å². The van der Waals surface area contributed by atoms with Gasteiger partial charge in [-0.25, -0.2) is 0 Å². The maximum absolute atomic E-state index is 11.5. The third-order valence-electron chi connectivity index (χ3n) is 2.52. The Morgan fingerprint density at radius 2 is 1.94 bits per heavy atom. The van der Waals surface area contributed by atoms with Crippen molar-refractivity contribution < 1.29 is 4.79 Å². The molecular weight excluding hydrogens is 244 g/mol. The maximum atomic E-state index is 11.5. The monoisotopic (exact) mass is 266 g/mol. The summed E-state index contributed by atoms with van der Waals surface area (Å²) < 4.78 is 0. The highest BCUT2D eigenvalue weighted by molar-refractivity contribution is 7.99. The first kappa shape index (κ1) is 15.1. The highest BCUT2D eigenvalue weighted by atomic mass is 32.2. The zero-order valence-electron chi connectivity index (χ0n) is 11.3. The second-order valence-electron chi connectivity index (χ2n) is 4.49. The second kappa shape index (κ2) is 8.16. The summed E-state index contributed by atoms with van der Waals surface area (Å²) in [6.45, 7) is 3.95. The van der Waals surface area contributed by atoms with Gasteiger partial charge in [-0.15, -0.1) is 0 Å². The molecule has 0 aliphatic heterocycles. The molecule has 0 saturated carbocycles. The topological polar surface area (TPSA) is 41.1 Å². The van der Waals surface area contributed by atoms with E-state index in [9.17, 15) is 4.79 Å². The average Bonchev–Trinajstić information content (AvgIpc) is 2.35. The van der Waals surface area contributed by atoms with Gasteiger partial charge in [0.2, 0.25) is 5.91 Å². The van der Waals surface area contributed by atoms with E-state index in [0.29, 0.717) is 11.8 Å². The third kappa shape index (κ3) is 5.56. The van der Waals surface area contributed by atoms with Gasteiger partial charge in [-0.2, -0.15) is 11.8 Å². The number of nitrogens with one attached hydrogen (secondary N) is 2. The van der Waals surface area contributed by atoms with Gasteiger partial charge >= 0.3 is 0 Å². The predicted molar refractivity (Wildman–Crippen MR) is 78.8 cm³/mol. The van der Waals surface area contributed by atoms with Crippen molar-refractivity contribution in [2.45, 2.75) is 25.9 Å².